The first kappa shape index (κ1) is 13.1. The SMILES string of the molecule is CCCNc1cncc(NCC2(CC)CCC2)n1. The molecule has 0 saturated heterocycles. The minimum absolute atomic E-state index is 0.508. The van der Waals surface area contributed by atoms with Crippen molar-refractivity contribution in [1.82, 2.24) is 9.97 Å². The van der Waals surface area contributed by atoms with Gasteiger partial charge in [-0.2, -0.15) is 0 Å². The molecule has 1 heterocycles. The molecule has 2 rings (SSSR count). The highest BCUT2D eigenvalue weighted by atomic mass is 15.1. The van der Waals surface area contributed by atoms with Gasteiger partial charge < -0.3 is 10.6 Å². The molecular weight excluding hydrogens is 224 g/mol. The Hall–Kier alpha value is -1.32. The van der Waals surface area contributed by atoms with Crippen LogP contribution in [-0.4, -0.2) is 23.1 Å². The molecule has 0 amide bonds. The summed E-state index contributed by atoms with van der Waals surface area (Å²) in [6.07, 6.45) is 9.99. The van der Waals surface area contributed by atoms with Gasteiger partial charge in [0.2, 0.25) is 0 Å². The van der Waals surface area contributed by atoms with Gasteiger partial charge in [-0.05, 0) is 31.1 Å². The Kier molecular flexibility index (Phi) is 4.39. The Balaban J connectivity index is 1.88. The summed E-state index contributed by atoms with van der Waals surface area (Å²) in [4.78, 5) is 8.74. The van der Waals surface area contributed by atoms with E-state index in [1.165, 1.54) is 25.7 Å². The van der Waals surface area contributed by atoms with Crippen LogP contribution in [0.2, 0.25) is 0 Å². The zero-order valence-electron chi connectivity index (χ0n) is 11.5. The van der Waals surface area contributed by atoms with Crippen LogP contribution in [0, 0.1) is 5.41 Å². The molecule has 18 heavy (non-hydrogen) atoms. The lowest BCUT2D eigenvalue weighted by Crippen LogP contribution is -2.36. The van der Waals surface area contributed by atoms with Gasteiger partial charge in [0.25, 0.3) is 0 Å². The molecule has 1 aliphatic rings. The van der Waals surface area contributed by atoms with E-state index in [9.17, 15) is 0 Å². The molecule has 1 saturated carbocycles. The van der Waals surface area contributed by atoms with E-state index in [2.05, 4.69) is 34.4 Å². The number of aromatic nitrogens is 2. The van der Waals surface area contributed by atoms with E-state index in [0.717, 1.165) is 31.1 Å². The third kappa shape index (κ3) is 3.12. The molecular formula is C14H24N4. The number of hydrogen-bond donors (Lipinski definition) is 2. The van der Waals surface area contributed by atoms with Gasteiger partial charge in [-0.25, -0.2) is 4.98 Å². The van der Waals surface area contributed by atoms with Crippen LogP contribution in [0.25, 0.3) is 0 Å². The summed E-state index contributed by atoms with van der Waals surface area (Å²) in [5, 5.41) is 6.70. The molecule has 1 fully saturated rings. The van der Waals surface area contributed by atoms with Crippen molar-refractivity contribution in [2.75, 3.05) is 23.7 Å². The molecule has 4 nitrogen and oxygen atoms in total. The minimum Gasteiger partial charge on any atom is -0.369 e. The Morgan fingerprint density at radius 1 is 1.17 bits per heavy atom. The molecule has 0 bridgehead atoms. The number of nitrogens with one attached hydrogen (secondary N) is 2. The second kappa shape index (κ2) is 6.03. The average molecular weight is 248 g/mol. The van der Waals surface area contributed by atoms with E-state index in [-0.39, 0.29) is 0 Å². The van der Waals surface area contributed by atoms with Crippen LogP contribution in [0.1, 0.15) is 46.0 Å². The Labute approximate surface area is 110 Å². The normalized spacial score (nSPS) is 17.0. The van der Waals surface area contributed by atoms with Gasteiger partial charge >= 0.3 is 0 Å². The summed E-state index contributed by atoms with van der Waals surface area (Å²) in [7, 11) is 0. The number of anilines is 2. The summed E-state index contributed by atoms with van der Waals surface area (Å²) in [6.45, 7) is 6.39. The molecule has 2 N–H and O–H groups in total. The second-order valence-electron chi connectivity index (χ2n) is 5.28. The van der Waals surface area contributed by atoms with Crippen molar-refractivity contribution in [3.05, 3.63) is 12.4 Å². The largest absolute Gasteiger partial charge is 0.369 e. The van der Waals surface area contributed by atoms with Crippen molar-refractivity contribution in [3.8, 4) is 0 Å². The van der Waals surface area contributed by atoms with Gasteiger partial charge in [-0.1, -0.05) is 20.3 Å². The summed E-state index contributed by atoms with van der Waals surface area (Å²) in [6, 6.07) is 0. The van der Waals surface area contributed by atoms with Crippen molar-refractivity contribution in [2.45, 2.75) is 46.0 Å². The maximum absolute atomic E-state index is 4.52. The fraction of sp³-hybridized carbons (Fsp3) is 0.714. The van der Waals surface area contributed by atoms with Crippen LogP contribution in [-0.2, 0) is 0 Å². The van der Waals surface area contributed by atoms with Crippen molar-refractivity contribution in [2.24, 2.45) is 5.41 Å². The first-order chi connectivity index (χ1) is 8.78. The molecule has 4 heteroatoms. The predicted molar refractivity (Wildman–Crippen MR) is 75.9 cm³/mol. The molecule has 0 spiro atoms. The van der Waals surface area contributed by atoms with Crippen molar-refractivity contribution >= 4 is 11.6 Å². The highest BCUT2D eigenvalue weighted by Crippen LogP contribution is 2.43. The van der Waals surface area contributed by atoms with Gasteiger partial charge in [0.1, 0.15) is 11.6 Å². The van der Waals surface area contributed by atoms with Crippen molar-refractivity contribution < 1.29 is 0 Å². The first-order valence-corrected chi connectivity index (χ1v) is 7.08. The quantitative estimate of drug-likeness (QED) is 0.777. The molecule has 0 atom stereocenters. The third-order valence-electron chi connectivity index (χ3n) is 4.00. The maximum atomic E-state index is 4.52. The fourth-order valence-corrected chi connectivity index (χ4v) is 2.40. The fourth-order valence-electron chi connectivity index (χ4n) is 2.40. The van der Waals surface area contributed by atoms with Crippen molar-refractivity contribution in [1.29, 1.82) is 0 Å². The van der Waals surface area contributed by atoms with E-state index >= 15 is 0 Å². The minimum atomic E-state index is 0.508. The third-order valence-corrected chi connectivity index (χ3v) is 4.00. The summed E-state index contributed by atoms with van der Waals surface area (Å²) in [5.74, 6) is 1.75. The highest BCUT2D eigenvalue weighted by Gasteiger charge is 2.34. The molecule has 1 aliphatic carbocycles. The van der Waals surface area contributed by atoms with Crippen LogP contribution < -0.4 is 10.6 Å². The topological polar surface area (TPSA) is 49.8 Å². The van der Waals surface area contributed by atoms with E-state index in [0.29, 0.717) is 5.41 Å². The molecule has 0 radical (unpaired) electrons. The Morgan fingerprint density at radius 2 is 1.89 bits per heavy atom. The molecule has 1 aromatic heterocycles. The monoisotopic (exact) mass is 248 g/mol. The highest BCUT2D eigenvalue weighted by molar-refractivity contribution is 5.41. The van der Waals surface area contributed by atoms with Crippen LogP contribution in [0.15, 0.2) is 12.4 Å². The summed E-state index contributed by atoms with van der Waals surface area (Å²) < 4.78 is 0. The zero-order valence-corrected chi connectivity index (χ0v) is 11.5. The lowest BCUT2D eigenvalue weighted by molar-refractivity contribution is 0.145. The zero-order chi connectivity index (χ0) is 12.8. The molecule has 0 unspecified atom stereocenters. The Morgan fingerprint density at radius 3 is 2.44 bits per heavy atom. The van der Waals surface area contributed by atoms with Gasteiger partial charge in [-0.3, -0.25) is 4.98 Å². The predicted octanol–water partition coefficient (Wildman–Crippen LogP) is 3.29. The standard InChI is InChI=1S/C14H24N4/c1-3-8-16-12-9-15-10-13(18-12)17-11-14(4-2)6-5-7-14/h9-10H,3-8,11H2,1-2H3,(H2,16,17,18). The van der Waals surface area contributed by atoms with Crippen LogP contribution in [0.4, 0.5) is 11.6 Å². The van der Waals surface area contributed by atoms with E-state index in [1.807, 2.05) is 0 Å². The molecule has 100 valence electrons. The molecule has 0 aliphatic heterocycles. The average Bonchev–Trinajstić information content (AvgIpc) is 2.36. The van der Waals surface area contributed by atoms with Gasteiger partial charge in [0.15, 0.2) is 0 Å². The van der Waals surface area contributed by atoms with Crippen LogP contribution in [0.5, 0.6) is 0 Å². The van der Waals surface area contributed by atoms with Crippen LogP contribution >= 0.6 is 0 Å². The number of rotatable bonds is 7. The van der Waals surface area contributed by atoms with Gasteiger partial charge in [0, 0.05) is 13.1 Å². The Bertz CT molecular complexity index is 368. The summed E-state index contributed by atoms with van der Waals surface area (Å²) in [5.41, 5.74) is 0.508. The van der Waals surface area contributed by atoms with Gasteiger partial charge in [-0.15, -0.1) is 0 Å². The smallest absolute Gasteiger partial charge is 0.146 e. The molecule has 1 aromatic rings. The second-order valence-corrected chi connectivity index (χ2v) is 5.28. The van der Waals surface area contributed by atoms with E-state index in [4.69, 9.17) is 0 Å². The molecule has 0 aromatic carbocycles. The van der Waals surface area contributed by atoms with Crippen LogP contribution in [0.3, 0.4) is 0 Å². The van der Waals surface area contributed by atoms with E-state index in [1.54, 1.807) is 12.4 Å². The van der Waals surface area contributed by atoms with Gasteiger partial charge in [0.05, 0.1) is 12.4 Å². The lowest BCUT2D eigenvalue weighted by Gasteiger charge is -2.41. The number of hydrogen-bond acceptors (Lipinski definition) is 4. The maximum Gasteiger partial charge on any atom is 0.146 e. The first-order valence-electron chi connectivity index (χ1n) is 7.08. The van der Waals surface area contributed by atoms with E-state index < -0.39 is 0 Å². The summed E-state index contributed by atoms with van der Waals surface area (Å²) >= 11 is 0. The van der Waals surface area contributed by atoms with Crippen molar-refractivity contribution in [3.63, 3.8) is 0 Å². The number of nitrogens with zero attached hydrogens (tertiary/aromatic N) is 2. The lowest BCUT2D eigenvalue weighted by atomic mass is 9.67.